The molecule has 162 valence electrons. The highest BCUT2D eigenvalue weighted by atomic mass is 14.8. The summed E-state index contributed by atoms with van der Waals surface area (Å²) >= 11 is 0. The molecule has 0 aromatic rings. The minimum atomic E-state index is 0.567. The standard InChI is InChI=1S/C29H46/c1-7-21(19(2)3)9-8-20(4)24-10-11-25-23-13-17-29-18-22(29)12-16-28(29,6)26(23)14-15-27(24,25)5/h8-9,13,17,19-26H,7,10-12,14-16,18H2,1-6H3/b9-8-. The van der Waals surface area contributed by atoms with E-state index in [0.717, 1.165) is 47.3 Å². The fraction of sp³-hybridized carbons (Fsp3) is 0.862. The van der Waals surface area contributed by atoms with E-state index in [4.69, 9.17) is 0 Å². The Bertz CT molecular complexity index is 699. The average Bonchev–Trinajstić information content (AvgIpc) is 3.16. The first-order valence-electron chi connectivity index (χ1n) is 13.1. The lowest BCUT2D eigenvalue weighted by molar-refractivity contribution is -0.0501. The summed E-state index contributed by atoms with van der Waals surface area (Å²) in [6.45, 7) is 15.1. The van der Waals surface area contributed by atoms with Gasteiger partial charge in [0.2, 0.25) is 0 Å². The van der Waals surface area contributed by atoms with Crippen LogP contribution in [0.1, 0.15) is 92.9 Å². The molecule has 0 N–H and O–H groups in total. The van der Waals surface area contributed by atoms with E-state index in [0.29, 0.717) is 16.2 Å². The Morgan fingerprint density at radius 1 is 0.966 bits per heavy atom. The van der Waals surface area contributed by atoms with Gasteiger partial charge in [0, 0.05) is 0 Å². The zero-order chi connectivity index (χ0) is 20.6. The summed E-state index contributed by atoms with van der Waals surface area (Å²) in [6, 6.07) is 0. The molecule has 29 heavy (non-hydrogen) atoms. The van der Waals surface area contributed by atoms with Crippen LogP contribution in [-0.2, 0) is 0 Å². The van der Waals surface area contributed by atoms with Gasteiger partial charge in [0.15, 0.2) is 0 Å². The maximum absolute atomic E-state index is 2.77. The maximum Gasteiger partial charge on any atom is -0.00300 e. The molecule has 10 atom stereocenters. The molecule has 0 heterocycles. The fourth-order valence-electron chi connectivity index (χ4n) is 9.72. The lowest BCUT2D eigenvalue weighted by Gasteiger charge is -2.57. The Hall–Kier alpha value is -0.520. The monoisotopic (exact) mass is 394 g/mol. The van der Waals surface area contributed by atoms with Crippen molar-refractivity contribution in [3.63, 3.8) is 0 Å². The van der Waals surface area contributed by atoms with Gasteiger partial charge in [-0.05, 0) is 115 Å². The molecule has 0 saturated heterocycles. The minimum Gasteiger partial charge on any atom is -0.0851 e. The van der Waals surface area contributed by atoms with Crippen molar-refractivity contribution in [1.82, 2.24) is 0 Å². The second-order valence-electron chi connectivity index (χ2n) is 12.8. The topological polar surface area (TPSA) is 0 Å². The lowest BCUT2D eigenvalue weighted by Crippen LogP contribution is -2.50. The number of allylic oxidation sites excluding steroid dienone is 4. The van der Waals surface area contributed by atoms with Crippen LogP contribution in [0, 0.1) is 63.6 Å². The Kier molecular flexibility index (Phi) is 4.74. The van der Waals surface area contributed by atoms with Gasteiger partial charge in [0.25, 0.3) is 0 Å². The van der Waals surface area contributed by atoms with Crippen LogP contribution in [0.25, 0.3) is 0 Å². The normalized spacial score (nSPS) is 52.2. The molecule has 0 aromatic heterocycles. The van der Waals surface area contributed by atoms with E-state index in [-0.39, 0.29) is 0 Å². The number of fused-ring (bicyclic) bond motifs is 4. The molecule has 4 fully saturated rings. The maximum atomic E-state index is 2.77. The van der Waals surface area contributed by atoms with Crippen LogP contribution in [0.3, 0.4) is 0 Å². The summed E-state index contributed by atoms with van der Waals surface area (Å²) < 4.78 is 0. The van der Waals surface area contributed by atoms with Crippen molar-refractivity contribution in [2.24, 2.45) is 63.6 Å². The third kappa shape index (κ3) is 2.69. The Labute approximate surface area is 181 Å². The van der Waals surface area contributed by atoms with Crippen LogP contribution in [0.4, 0.5) is 0 Å². The number of hydrogen-bond donors (Lipinski definition) is 0. The zero-order valence-corrected chi connectivity index (χ0v) is 20.1. The van der Waals surface area contributed by atoms with E-state index in [1.54, 1.807) is 0 Å². The molecule has 0 amide bonds. The van der Waals surface area contributed by atoms with Gasteiger partial charge in [0.1, 0.15) is 0 Å². The van der Waals surface area contributed by atoms with Crippen molar-refractivity contribution >= 4 is 0 Å². The van der Waals surface area contributed by atoms with Crippen LogP contribution in [-0.4, -0.2) is 0 Å². The Morgan fingerprint density at radius 2 is 1.76 bits per heavy atom. The molecule has 0 aromatic carbocycles. The molecule has 5 aliphatic rings. The van der Waals surface area contributed by atoms with Crippen molar-refractivity contribution in [2.45, 2.75) is 92.9 Å². The smallest absolute Gasteiger partial charge is 0.00300 e. The van der Waals surface area contributed by atoms with Gasteiger partial charge < -0.3 is 0 Å². The van der Waals surface area contributed by atoms with Gasteiger partial charge in [-0.15, -0.1) is 0 Å². The molecule has 0 aliphatic heterocycles. The summed E-state index contributed by atoms with van der Waals surface area (Å²) in [6.07, 6.45) is 22.5. The molecular formula is C29H46. The summed E-state index contributed by atoms with van der Waals surface area (Å²) in [5.74, 6) is 7.00. The first-order valence-corrected chi connectivity index (χ1v) is 13.1. The van der Waals surface area contributed by atoms with Crippen molar-refractivity contribution in [2.75, 3.05) is 0 Å². The highest BCUT2D eigenvalue weighted by Gasteiger charge is 2.72. The highest BCUT2D eigenvalue weighted by molar-refractivity contribution is 5.32. The van der Waals surface area contributed by atoms with Crippen LogP contribution < -0.4 is 0 Å². The summed E-state index contributed by atoms with van der Waals surface area (Å²) in [5, 5.41) is 0. The van der Waals surface area contributed by atoms with Crippen LogP contribution >= 0.6 is 0 Å². The van der Waals surface area contributed by atoms with Gasteiger partial charge in [-0.1, -0.05) is 65.8 Å². The molecule has 0 nitrogen and oxygen atoms in total. The molecule has 0 radical (unpaired) electrons. The molecule has 10 unspecified atom stereocenters. The van der Waals surface area contributed by atoms with E-state index >= 15 is 0 Å². The summed E-state index contributed by atoms with van der Waals surface area (Å²) in [5.41, 5.74) is 1.84. The van der Waals surface area contributed by atoms with Crippen LogP contribution in [0.15, 0.2) is 24.3 Å². The largest absolute Gasteiger partial charge is 0.0851 e. The van der Waals surface area contributed by atoms with E-state index in [1.165, 1.54) is 51.4 Å². The highest BCUT2D eigenvalue weighted by Crippen LogP contribution is 2.80. The molecule has 5 aliphatic carbocycles. The molecule has 5 rings (SSSR count). The predicted molar refractivity (Wildman–Crippen MR) is 124 cm³/mol. The van der Waals surface area contributed by atoms with Crippen LogP contribution in [0.2, 0.25) is 0 Å². The summed E-state index contributed by atoms with van der Waals surface area (Å²) in [4.78, 5) is 0. The molecule has 0 heteroatoms. The molecule has 0 bridgehead atoms. The number of hydrogen-bond acceptors (Lipinski definition) is 0. The third-order valence-corrected chi connectivity index (χ3v) is 11.7. The number of rotatable bonds is 5. The van der Waals surface area contributed by atoms with Gasteiger partial charge >= 0.3 is 0 Å². The van der Waals surface area contributed by atoms with Crippen molar-refractivity contribution in [3.05, 3.63) is 24.3 Å². The average molecular weight is 395 g/mol. The first-order chi connectivity index (χ1) is 13.8. The second-order valence-corrected chi connectivity index (χ2v) is 12.8. The Morgan fingerprint density at radius 3 is 2.45 bits per heavy atom. The van der Waals surface area contributed by atoms with E-state index in [2.05, 4.69) is 65.8 Å². The van der Waals surface area contributed by atoms with Gasteiger partial charge in [0.05, 0.1) is 0 Å². The van der Waals surface area contributed by atoms with Crippen molar-refractivity contribution in [1.29, 1.82) is 0 Å². The Balaban J connectivity index is 1.36. The quantitative estimate of drug-likeness (QED) is 0.411. The molecule has 4 saturated carbocycles. The van der Waals surface area contributed by atoms with Crippen molar-refractivity contribution < 1.29 is 0 Å². The second kappa shape index (κ2) is 6.74. The van der Waals surface area contributed by atoms with E-state index < -0.39 is 0 Å². The molecule has 1 spiro atoms. The van der Waals surface area contributed by atoms with Gasteiger partial charge in [-0.3, -0.25) is 0 Å². The van der Waals surface area contributed by atoms with Gasteiger partial charge in [-0.25, -0.2) is 0 Å². The van der Waals surface area contributed by atoms with Gasteiger partial charge in [-0.2, -0.15) is 0 Å². The van der Waals surface area contributed by atoms with E-state index in [1.807, 2.05) is 0 Å². The zero-order valence-electron chi connectivity index (χ0n) is 20.1. The SMILES string of the molecule is CCC(/C=C\C(C)C1CCC2C3C=CC45CC4CCC5(C)C3CCC12C)C(C)C. The minimum absolute atomic E-state index is 0.567. The van der Waals surface area contributed by atoms with E-state index in [9.17, 15) is 0 Å². The first kappa shape index (κ1) is 20.4. The summed E-state index contributed by atoms with van der Waals surface area (Å²) in [7, 11) is 0. The van der Waals surface area contributed by atoms with Crippen LogP contribution in [0.5, 0.6) is 0 Å². The lowest BCUT2D eigenvalue weighted by atomic mass is 9.48. The van der Waals surface area contributed by atoms with Crippen molar-refractivity contribution in [3.8, 4) is 0 Å². The molecular weight excluding hydrogens is 348 g/mol. The fourth-order valence-corrected chi connectivity index (χ4v) is 9.72. The predicted octanol–water partition coefficient (Wildman–Crippen LogP) is 8.30. The third-order valence-electron chi connectivity index (χ3n) is 11.7.